The number of halogens is 3. The highest BCUT2D eigenvalue weighted by atomic mass is 79.9. The third kappa shape index (κ3) is 5.85. The van der Waals surface area contributed by atoms with Gasteiger partial charge in [-0.25, -0.2) is 4.98 Å². The first-order valence-corrected chi connectivity index (χ1v) is 13.0. The molecule has 0 radical (unpaired) electrons. The summed E-state index contributed by atoms with van der Waals surface area (Å²) in [4.78, 5) is 17.0. The number of nitrogens with one attached hydrogen (secondary N) is 1. The van der Waals surface area contributed by atoms with Crippen LogP contribution in [0.2, 0.25) is 10.0 Å². The highest BCUT2D eigenvalue weighted by Gasteiger charge is 2.16. The van der Waals surface area contributed by atoms with Gasteiger partial charge in [0.05, 0.1) is 16.5 Å². The Morgan fingerprint density at radius 3 is 2.73 bits per heavy atom. The molecule has 2 heterocycles. The van der Waals surface area contributed by atoms with Crippen LogP contribution in [0.25, 0.3) is 22.6 Å². The number of nitrogens with zero attached hydrogens (tertiary/aromatic N) is 4. The van der Waals surface area contributed by atoms with Gasteiger partial charge in [0.1, 0.15) is 0 Å². The number of aromatic nitrogens is 4. The highest BCUT2D eigenvalue weighted by Crippen LogP contribution is 2.32. The number of thioether (sulfide) groups is 1. The summed E-state index contributed by atoms with van der Waals surface area (Å²) in [5.41, 5.74) is 2.36. The quantitative estimate of drug-likeness (QED) is 0.178. The van der Waals surface area contributed by atoms with Gasteiger partial charge >= 0.3 is 0 Å². The lowest BCUT2D eigenvalue weighted by Gasteiger charge is -2.08. The number of thiazole rings is 1. The fraction of sp³-hybridized carbons (Fsp3) is 0.0909. The zero-order valence-electron chi connectivity index (χ0n) is 17.0. The zero-order valence-corrected chi connectivity index (χ0v) is 21.7. The van der Waals surface area contributed by atoms with Crippen LogP contribution in [0, 0.1) is 0 Å². The Kier molecular flexibility index (Phi) is 7.87. The molecule has 0 aliphatic heterocycles. The van der Waals surface area contributed by atoms with Crippen molar-refractivity contribution in [3.8, 4) is 22.6 Å². The molecule has 0 unspecified atom stereocenters. The Labute approximate surface area is 217 Å². The molecule has 2 aromatic heterocycles. The Morgan fingerprint density at radius 2 is 2.00 bits per heavy atom. The topological polar surface area (TPSA) is 72.7 Å². The van der Waals surface area contributed by atoms with Crippen LogP contribution in [0.4, 0.5) is 5.13 Å². The van der Waals surface area contributed by atoms with Gasteiger partial charge in [0.2, 0.25) is 5.91 Å². The Balaban J connectivity index is 1.42. The van der Waals surface area contributed by atoms with Gasteiger partial charge < -0.3 is 5.32 Å². The van der Waals surface area contributed by atoms with Crippen molar-refractivity contribution in [1.82, 2.24) is 19.7 Å². The number of benzene rings is 2. The van der Waals surface area contributed by atoms with Crippen molar-refractivity contribution in [2.45, 2.75) is 11.7 Å². The average Bonchev–Trinajstić information content (AvgIpc) is 3.40. The van der Waals surface area contributed by atoms with Gasteiger partial charge in [0, 0.05) is 32.5 Å². The second kappa shape index (κ2) is 10.8. The van der Waals surface area contributed by atoms with Crippen molar-refractivity contribution in [1.29, 1.82) is 0 Å². The maximum Gasteiger partial charge on any atom is 0.236 e. The molecule has 4 rings (SSSR count). The summed E-state index contributed by atoms with van der Waals surface area (Å²) in [7, 11) is 0. The van der Waals surface area contributed by atoms with Crippen LogP contribution < -0.4 is 5.32 Å². The lowest BCUT2D eigenvalue weighted by molar-refractivity contribution is -0.113. The molecule has 0 spiro atoms. The summed E-state index contributed by atoms with van der Waals surface area (Å²) in [5.74, 6) is 0.683. The van der Waals surface area contributed by atoms with E-state index >= 15 is 0 Å². The number of rotatable bonds is 8. The molecule has 2 aromatic carbocycles. The fourth-order valence-corrected chi connectivity index (χ4v) is 5.18. The van der Waals surface area contributed by atoms with Gasteiger partial charge in [0.15, 0.2) is 16.1 Å². The minimum atomic E-state index is -0.193. The number of amides is 1. The molecule has 0 saturated carbocycles. The van der Waals surface area contributed by atoms with E-state index in [4.69, 9.17) is 23.2 Å². The molecule has 168 valence electrons. The lowest BCUT2D eigenvalue weighted by atomic mass is 10.2. The third-order valence-electron chi connectivity index (χ3n) is 4.42. The monoisotopic (exact) mass is 579 g/mol. The number of anilines is 1. The Hall–Kier alpha value is -2.17. The summed E-state index contributed by atoms with van der Waals surface area (Å²) in [5, 5.41) is 15.4. The van der Waals surface area contributed by atoms with Gasteiger partial charge in [-0.15, -0.1) is 28.1 Å². The fourth-order valence-electron chi connectivity index (χ4n) is 2.94. The number of hydrogen-bond donors (Lipinski definition) is 1. The summed E-state index contributed by atoms with van der Waals surface area (Å²) >= 11 is 18.3. The molecule has 1 amide bonds. The molecule has 0 aliphatic carbocycles. The van der Waals surface area contributed by atoms with E-state index in [0.717, 1.165) is 21.4 Å². The lowest BCUT2D eigenvalue weighted by Crippen LogP contribution is -2.14. The van der Waals surface area contributed by atoms with Crippen LogP contribution in [-0.2, 0) is 11.3 Å². The Bertz CT molecular complexity index is 1310. The van der Waals surface area contributed by atoms with Crippen molar-refractivity contribution in [3.63, 3.8) is 0 Å². The maximum absolute atomic E-state index is 12.5. The van der Waals surface area contributed by atoms with E-state index < -0.39 is 0 Å². The summed E-state index contributed by atoms with van der Waals surface area (Å²) in [6.07, 6.45) is 1.77. The van der Waals surface area contributed by atoms with Gasteiger partial charge in [-0.2, -0.15) is 0 Å². The number of carbonyl (C=O) groups is 1. The van der Waals surface area contributed by atoms with Gasteiger partial charge in [-0.1, -0.05) is 69.1 Å². The molecule has 4 aromatic rings. The molecule has 11 heteroatoms. The van der Waals surface area contributed by atoms with E-state index in [-0.39, 0.29) is 11.7 Å². The third-order valence-corrected chi connectivity index (χ3v) is 7.22. The van der Waals surface area contributed by atoms with Gasteiger partial charge in [-0.05, 0) is 30.3 Å². The summed E-state index contributed by atoms with van der Waals surface area (Å²) in [6.45, 7) is 4.35. The van der Waals surface area contributed by atoms with Crippen LogP contribution in [-0.4, -0.2) is 31.4 Å². The van der Waals surface area contributed by atoms with E-state index in [2.05, 4.69) is 43.0 Å². The van der Waals surface area contributed by atoms with Crippen LogP contribution in [0.15, 0.2) is 70.1 Å². The number of carbonyl (C=O) groups excluding carboxylic acids is 1. The molecule has 6 nitrogen and oxygen atoms in total. The van der Waals surface area contributed by atoms with Crippen LogP contribution in [0.5, 0.6) is 0 Å². The zero-order chi connectivity index (χ0) is 23.4. The molecule has 0 aliphatic rings. The van der Waals surface area contributed by atoms with Gasteiger partial charge in [0.25, 0.3) is 0 Å². The molecular weight excluding hydrogens is 565 g/mol. The van der Waals surface area contributed by atoms with E-state index in [1.165, 1.54) is 23.1 Å². The normalized spacial score (nSPS) is 10.9. The van der Waals surface area contributed by atoms with Crippen molar-refractivity contribution < 1.29 is 4.79 Å². The van der Waals surface area contributed by atoms with Crippen molar-refractivity contribution in [2.24, 2.45) is 0 Å². The van der Waals surface area contributed by atoms with Crippen LogP contribution in [0.1, 0.15) is 0 Å². The minimum absolute atomic E-state index is 0.159. The molecule has 0 bridgehead atoms. The van der Waals surface area contributed by atoms with Gasteiger partial charge in [-0.3, -0.25) is 9.36 Å². The summed E-state index contributed by atoms with van der Waals surface area (Å²) in [6, 6.07) is 13.0. The average molecular weight is 581 g/mol. The standard InChI is InChI=1S/C22H16BrCl2N5OS2/c1-2-9-30-20(13-3-5-14(23)6-4-13)28-29-22(30)33-12-19(31)27-21-26-18(11-32-21)16-8-7-15(24)10-17(16)25/h2-8,10-11H,1,9,12H2,(H,26,27,31). The Morgan fingerprint density at radius 1 is 1.21 bits per heavy atom. The van der Waals surface area contributed by atoms with Crippen molar-refractivity contribution >= 4 is 73.3 Å². The predicted molar refractivity (Wildman–Crippen MR) is 140 cm³/mol. The van der Waals surface area contributed by atoms with Crippen LogP contribution in [0.3, 0.4) is 0 Å². The molecular formula is C22H16BrCl2N5OS2. The second-order valence-electron chi connectivity index (χ2n) is 6.71. The maximum atomic E-state index is 12.5. The molecule has 0 fully saturated rings. The van der Waals surface area contributed by atoms with Crippen molar-refractivity contribution in [3.05, 3.63) is 75.0 Å². The van der Waals surface area contributed by atoms with Crippen molar-refractivity contribution in [2.75, 3.05) is 11.1 Å². The number of allylic oxidation sites excluding steroid dienone is 1. The summed E-state index contributed by atoms with van der Waals surface area (Å²) < 4.78 is 2.91. The first-order chi connectivity index (χ1) is 15.9. The molecule has 1 N–H and O–H groups in total. The number of hydrogen-bond acceptors (Lipinski definition) is 6. The smallest absolute Gasteiger partial charge is 0.236 e. The minimum Gasteiger partial charge on any atom is -0.301 e. The van der Waals surface area contributed by atoms with E-state index in [1.54, 1.807) is 24.3 Å². The SMILES string of the molecule is C=CCn1c(SCC(=O)Nc2nc(-c3ccc(Cl)cc3Cl)cs2)nnc1-c1ccc(Br)cc1. The van der Waals surface area contributed by atoms with Crippen LogP contribution >= 0.6 is 62.2 Å². The van der Waals surface area contributed by atoms with E-state index in [0.29, 0.717) is 32.6 Å². The molecule has 0 saturated heterocycles. The second-order valence-corrected chi connectivity index (χ2v) is 10.3. The highest BCUT2D eigenvalue weighted by molar-refractivity contribution is 9.10. The predicted octanol–water partition coefficient (Wildman–Crippen LogP) is 7.05. The van der Waals surface area contributed by atoms with E-state index in [1.807, 2.05) is 34.2 Å². The molecule has 0 atom stereocenters. The van der Waals surface area contributed by atoms with E-state index in [9.17, 15) is 4.79 Å². The first-order valence-electron chi connectivity index (χ1n) is 9.58. The molecule has 33 heavy (non-hydrogen) atoms. The first kappa shape index (κ1) is 24.0. The largest absolute Gasteiger partial charge is 0.301 e.